The molecule has 1 spiro atoms. The summed E-state index contributed by atoms with van der Waals surface area (Å²) in [4.78, 5) is 12.5. The Morgan fingerprint density at radius 2 is 1.50 bits per heavy atom. The van der Waals surface area contributed by atoms with Crippen LogP contribution in [0.5, 0.6) is 0 Å². The lowest BCUT2D eigenvalue weighted by molar-refractivity contribution is -0.0329. The van der Waals surface area contributed by atoms with Crippen LogP contribution in [0.25, 0.3) is 11.1 Å². The third-order valence-electron chi connectivity index (χ3n) is 6.20. The fourth-order valence-corrected chi connectivity index (χ4v) is 6.19. The lowest BCUT2D eigenvalue weighted by atomic mass is 9.84. The van der Waals surface area contributed by atoms with Crippen molar-refractivity contribution >= 4 is 39.2 Å². The second-order valence-electron chi connectivity index (χ2n) is 7.99. The van der Waals surface area contributed by atoms with E-state index in [-0.39, 0.29) is 24.0 Å². The molecule has 0 aliphatic carbocycles. The molecular formula is C24H19Cl2NO4S. The van der Waals surface area contributed by atoms with Crippen LogP contribution in [0.4, 0.5) is 0 Å². The van der Waals surface area contributed by atoms with Crippen molar-refractivity contribution in [1.29, 1.82) is 0 Å². The van der Waals surface area contributed by atoms with Crippen molar-refractivity contribution in [3.05, 3.63) is 87.9 Å². The molecule has 32 heavy (non-hydrogen) atoms. The normalized spacial score (nSPS) is 17.9. The number of piperidine rings is 1. The fourth-order valence-electron chi connectivity index (χ4n) is 4.45. The van der Waals surface area contributed by atoms with Crippen molar-refractivity contribution in [2.24, 2.45) is 0 Å². The summed E-state index contributed by atoms with van der Waals surface area (Å²) in [5, 5.41) is 0.908. The van der Waals surface area contributed by atoms with Gasteiger partial charge in [-0.3, -0.25) is 0 Å². The Hall–Kier alpha value is -2.38. The van der Waals surface area contributed by atoms with Gasteiger partial charge in [-0.25, -0.2) is 13.2 Å². The maximum atomic E-state index is 13.2. The summed E-state index contributed by atoms with van der Waals surface area (Å²) in [6, 6.07) is 19.3. The van der Waals surface area contributed by atoms with Crippen LogP contribution in [0.2, 0.25) is 10.0 Å². The molecule has 1 saturated heterocycles. The van der Waals surface area contributed by atoms with Crippen LogP contribution in [0, 0.1) is 0 Å². The van der Waals surface area contributed by atoms with Crippen molar-refractivity contribution in [2.75, 3.05) is 13.1 Å². The van der Waals surface area contributed by atoms with Crippen molar-refractivity contribution in [3.8, 4) is 11.1 Å². The van der Waals surface area contributed by atoms with Crippen molar-refractivity contribution < 1.29 is 17.9 Å². The maximum absolute atomic E-state index is 13.2. The van der Waals surface area contributed by atoms with E-state index in [1.54, 1.807) is 48.5 Å². The molecule has 2 aliphatic rings. The fraction of sp³-hybridized carbons (Fsp3) is 0.208. The molecule has 1 fully saturated rings. The number of hydrogen-bond acceptors (Lipinski definition) is 4. The van der Waals surface area contributed by atoms with Crippen molar-refractivity contribution in [3.63, 3.8) is 0 Å². The van der Waals surface area contributed by atoms with Gasteiger partial charge >= 0.3 is 5.97 Å². The first-order chi connectivity index (χ1) is 15.3. The van der Waals surface area contributed by atoms with Gasteiger partial charge < -0.3 is 4.74 Å². The van der Waals surface area contributed by atoms with Crippen molar-refractivity contribution in [1.82, 2.24) is 4.31 Å². The number of rotatable bonds is 3. The summed E-state index contributed by atoms with van der Waals surface area (Å²) in [6.45, 7) is 0.553. The third-order valence-corrected chi connectivity index (χ3v) is 8.85. The van der Waals surface area contributed by atoms with Crippen LogP contribution in [0.1, 0.15) is 28.8 Å². The molecule has 3 aromatic rings. The van der Waals surface area contributed by atoms with Crippen LogP contribution in [-0.2, 0) is 20.4 Å². The Bertz CT molecular complexity index is 1310. The van der Waals surface area contributed by atoms with E-state index < -0.39 is 15.6 Å². The van der Waals surface area contributed by atoms with Crippen LogP contribution < -0.4 is 0 Å². The van der Waals surface area contributed by atoms with Gasteiger partial charge in [0.1, 0.15) is 5.60 Å². The quantitative estimate of drug-likeness (QED) is 0.456. The van der Waals surface area contributed by atoms with E-state index in [0.717, 1.165) is 16.7 Å². The molecule has 0 saturated carbocycles. The molecule has 5 nitrogen and oxygen atoms in total. The number of fused-ring (bicyclic) bond motifs is 2. The van der Waals surface area contributed by atoms with E-state index >= 15 is 0 Å². The number of carbonyl (C=O) groups excluding carboxylic acids is 1. The molecular weight excluding hydrogens is 469 g/mol. The van der Waals surface area contributed by atoms with E-state index in [1.165, 1.54) is 4.31 Å². The average Bonchev–Trinajstić information content (AvgIpc) is 3.07. The highest BCUT2D eigenvalue weighted by Gasteiger charge is 2.48. The summed E-state index contributed by atoms with van der Waals surface area (Å²) in [6.07, 6.45) is 0.854. The minimum absolute atomic E-state index is 0.223. The smallest absolute Gasteiger partial charge is 0.339 e. The highest BCUT2D eigenvalue weighted by molar-refractivity contribution is 7.89. The zero-order valence-electron chi connectivity index (χ0n) is 16.9. The van der Waals surface area contributed by atoms with Gasteiger partial charge in [-0.15, -0.1) is 0 Å². The molecule has 5 rings (SSSR count). The van der Waals surface area contributed by atoms with Crippen molar-refractivity contribution in [2.45, 2.75) is 23.3 Å². The summed E-state index contributed by atoms with van der Waals surface area (Å²) in [7, 11) is -3.67. The first-order valence-electron chi connectivity index (χ1n) is 10.2. The number of halogens is 2. The highest BCUT2D eigenvalue weighted by Crippen LogP contribution is 2.44. The molecule has 0 aromatic heterocycles. The Morgan fingerprint density at radius 1 is 0.844 bits per heavy atom. The molecule has 164 valence electrons. The number of nitrogens with zero attached hydrogens (tertiary/aromatic N) is 1. The van der Waals surface area contributed by atoms with Crippen LogP contribution in [0.3, 0.4) is 0 Å². The average molecular weight is 488 g/mol. The Labute approximate surface area is 196 Å². The minimum Gasteiger partial charge on any atom is -0.450 e. The molecule has 8 heteroatoms. The summed E-state index contributed by atoms with van der Waals surface area (Å²) >= 11 is 12.1. The van der Waals surface area contributed by atoms with E-state index in [1.807, 2.05) is 18.2 Å². The third kappa shape index (κ3) is 3.52. The summed E-state index contributed by atoms with van der Waals surface area (Å²) in [5.41, 5.74) is 2.38. The number of hydrogen-bond donors (Lipinski definition) is 0. The van der Waals surface area contributed by atoms with E-state index in [0.29, 0.717) is 28.5 Å². The van der Waals surface area contributed by atoms with Gasteiger partial charge in [-0.05, 0) is 41.5 Å². The first-order valence-corrected chi connectivity index (χ1v) is 12.4. The molecule has 3 aromatic carbocycles. The molecule has 2 heterocycles. The zero-order chi connectivity index (χ0) is 22.5. The lowest BCUT2D eigenvalue weighted by Crippen LogP contribution is -2.45. The number of ether oxygens (including phenoxy) is 1. The second-order valence-corrected chi connectivity index (χ2v) is 10.7. The Morgan fingerprint density at radius 3 is 2.19 bits per heavy atom. The van der Waals surface area contributed by atoms with Gasteiger partial charge in [0.2, 0.25) is 10.0 Å². The minimum atomic E-state index is -3.67. The van der Waals surface area contributed by atoms with Crippen LogP contribution in [0.15, 0.2) is 71.6 Å². The van der Waals surface area contributed by atoms with E-state index in [9.17, 15) is 13.2 Å². The number of sulfonamides is 1. The van der Waals surface area contributed by atoms with Crippen LogP contribution >= 0.6 is 23.2 Å². The predicted molar refractivity (Wildman–Crippen MR) is 123 cm³/mol. The molecule has 0 bridgehead atoms. The molecule has 0 atom stereocenters. The van der Waals surface area contributed by atoms with Gasteiger partial charge in [0.25, 0.3) is 0 Å². The summed E-state index contributed by atoms with van der Waals surface area (Å²) < 4.78 is 33.6. The first kappa shape index (κ1) is 21.5. The Kier molecular flexibility index (Phi) is 5.29. The van der Waals surface area contributed by atoms with Gasteiger partial charge in [-0.2, -0.15) is 4.31 Å². The highest BCUT2D eigenvalue weighted by atomic mass is 35.5. The SMILES string of the molecule is O=C1OC2(CCN(S(=O)(=O)c3ccc(-c4ccc(Cl)c(Cl)c4)cc3)CC2)c2ccccc21. The standard InChI is InChI=1S/C24H19Cl2NO4S/c25-21-10-7-17(15-22(21)26)16-5-8-18(9-6-16)32(29,30)27-13-11-24(12-14-27)20-4-2-1-3-19(20)23(28)31-24/h1-10,15H,11-14H2. The van der Waals surface area contributed by atoms with Gasteiger partial charge in [0.05, 0.1) is 20.5 Å². The predicted octanol–water partition coefficient (Wildman–Crippen LogP) is 5.51. The summed E-state index contributed by atoms with van der Waals surface area (Å²) in [5.74, 6) is -0.338. The van der Waals surface area contributed by atoms with E-state index in [4.69, 9.17) is 27.9 Å². The number of esters is 1. The van der Waals surface area contributed by atoms with Crippen LogP contribution in [-0.4, -0.2) is 31.8 Å². The molecule has 2 aliphatic heterocycles. The molecule has 0 radical (unpaired) electrons. The second kappa shape index (κ2) is 7.89. The lowest BCUT2D eigenvalue weighted by Gasteiger charge is -2.37. The van der Waals surface area contributed by atoms with Gasteiger partial charge in [-0.1, -0.05) is 59.6 Å². The van der Waals surface area contributed by atoms with Gasteiger partial charge in [0, 0.05) is 31.5 Å². The zero-order valence-corrected chi connectivity index (χ0v) is 19.3. The molecule has 0 unspecified atom stereocenters. The van der Waals surface area contributed by atoms with E-state index in [2.05, 4.69) is 0 Å². The topological polar surface area (TPSA) is 63.7 Å². The monoisotopic (exact) mass is 487 g/mol. The number of carbonyl (C=O) groups is 1. The molecule has 0 N–H and O–H groups in total. The molecule has 0 amide bonds. The van der Waals surface area contributed by atoms with Gasteiger partial charge in [0.15, 0.2) is 0 Å². The maximum Gasteiger partial charge on any atom is 0.339 e. The largest absolute Gasteiger partial charge is 0.450 e. The number of benzene rings is 3. The Balaban J connectivity index is 1.35.